The molecule has 22 heavy (non-hydrogen) atoms. The molecule has 1 aromatic heterocycles. The lowest BCUT2D eigenvalue weighted by Crippen LogP contribution is -2.01. The summed E-state index contributed by atoms with van der Waals surface area (Å²) in [7, 11) is 0. The van der Waals surface area contributed by atoms with Crippen LogP contribution in [0.15, 0.2) is 42.5 Å². The topological polar surface area (TPSA) is 50.2 Å². The summed E-state index contributed by atoms with van der Waals surface area (Å²) in [4.78, 5) is 16.2. The van der Waals surface area contributed by atoms with Crippen molar-refractivity contribution in [1.29, 1.82) is 0 Å². The van der Waals surface area contributed by atoms with E-state index < -0.39 is 5.97 Å². The van der Waals surface area contributed by atoms with Crippen molar-refractivity contribution in [2.45, 2.75) is 13.8 Å². The highest BCUT2D eigenvalue weighted by Gasteiger charge is 2.15. The molecule has 0 aliphatic rings. The number of hydrogen-bond donors (Lipinski definition) is 1. The molecule has 0 amide bonds. The van der Waals surface area contributed by atoms with Gasteiger partial charge in [-0.25, -0.2) is 9.78 Å². The first-order chi connectivity index (χ1) is 10.5. The summed E-state index contributed by atoms with van der Waals surface area (Å²) < 4.78 is 0. The number of halogens is 1. The summed E-state index contributed by atoms with van der Waals surface area (Å²) in [5.41, 5.74) is 4.30. The first-order valence-electron chi connectivity index (χ1n) is 6.87. The first-order valence-corrected chi connectivity index (χ1v) is 7.25. The molecule has 3 nitrogen and oxygen atoms in total. The molecule has 0 saturated carbocycles. The molecule has 0 atom stereocenters. The number of fused-ring (bicyclic) bond motifs is 1. The van der Waals surface area contributed by atoms with Crippen molar-refractivity contribution in [3.63, 3.8) is 0 Å². The number of carboxylic acid groups (broad SMARTS) is 1. The van der Waals surface area contributed by atoms with Gasteiger partial charge in [0.1, 0.15) is 0 Å². The van der Waals surface area contributed by atoms with Crippen molar-refractivity contribution in [2.75, 3.05) is 0 Å². The Hall–Kier alpha value is -2.39. The quantitative estimate of drug-likeness (QED) is 0.734. The zero-order valence-electron chi connectivity index (χ0n) is 12.2. The second-order valence-corrected chi connectivity index (χ2v) is 5.78. The van der Waals surface area contributed by atoms with E-state index in [2.05, 4.69) is 4.98 Å². The minimum atomic E-state index is -0.966. The molecule has 0 aliphatic carbocycles. The van der Waals surface area contributed by atoms with E-state index in [0.717, 1.165) is 16.7 Å². The van der Waals surface area contributed by atoms with Crippen molar-refractivity contribution in [1.82, 2.24) is 4.98 Å². The SMILES string of the molecule is Cc1ccc(-c2cc(C(=O)O)c3c(C)cc(Cl)cc3n2)cc1. The van der Waals surface area contributed by atoms with E-state index in [4.69, 9.17) is 11.6 Å². The Kier molecular flexibility index (Phi) is 3.59. The maximum Gasteiger partial charge on any atom is 0.336 e. The Morgan fingerprint density at radius 3 is 2.41 bits per heavy atom. The molecule has 3 rings (SSSR count). The minimum Gasteiger partial charge on any atom is -0.478 e. The van der Waals surface area contributed by atoms with Gasteiger partial charge in [-0.1, -0.05) is 41.4 Å². The maximum absolute atomic E-state index is 11.6. The normalized spacial score (nSPS) is 10.9. The molecule has 1 heterocycles. The van der Waals surface area contributed by atoms with Gasteiger partial charge in [0.15, 0.2) is 0 Å². The van der Waals surface area contributed by atoms with Gasteiger partial charge in [-0.3, -0.25) is 0 Å². The van der Waals surface area contributed by atoms with Crippen LogP contribution in [0.25, 0.3) is 22.2 Å². The van der Waals surface area contributed by atoms with E-state index in [9.17, 15) is 9.90 Å². The number of pyridine rings is 1. The fourth-order valence-corrected chi connectivity index (χ4v) is 2.84. The second-order valence-electron chi connectivity index (χ2n) is 5.34. The van der Waals surface area contributed by atoms with Crippen LogP contribution in [0.3, 0.4) is 0 Å². The van der Waals surface area contributed by atoms with Crippen molar-refractivity contribution in [3.8, 4) is 11.3 Å². The van der Waals surface area contributed by atoms with E-state index in [-0.39, 0.29) is 5.56 Å². The zero-order chi connectivity index (χ0) is 15.9. The van der Waals surface area contributed by atoms with Crippen molar-refractivity contribution >= 4 is 28.5 Å². The van der Waals surface area contributed by atoms with Crippen LogP contribution in [0.1, 0.15) is 21.5 Å². The van der Waals surface area contributed by atoms with E-state index in [1.165, 1.54) is 0 Å². The van der Waals surface area contributed by atoms with Crippen LogP contribution in [0, 0.1) is 13.8 Å². The molecule has 0 aliphatic heterocycles. The molecular weight excluding hydrogens is 298 g/mol. The number of rotatable bonds is 2. The van der Waals surface area contributed by atoms with Gasteiger partial charge in [-0.15, -0.1) is 0 Å². The van der Waals surface area contributed by atoms with Crippen LogP contribution in [-0.4, -0.2) is 16.1 Å². The van der Waals surface area contributed by atoms with Crippen LogP contribution in [0.4, 0.5) is 0 Å². The first kappa shape index (κ1) is 14.5. The number of benzene rings is 2. The van der Waals surface area contributed by atoms with Crippen molar-refractivity contribution in [2.24, 2.45) is 0 Å². The summed E-state index contributed by atoms with van der Waals surface area (Å²) in [5, 5.41) is 10.7. The number of aryl methyl sites for hydroxylation is 2. The van der Waals surface area contributed by atoms with Crippen LogP contribution in [0.5, 0.6) is 0 Å². The number of hydrogen-bond acceptors (Lipinski definition) is 2. The smallest absolute Gasteiger partial charge is 0.336 e. The average Bonchev–Trinajstić information content (AvgIpc) is 2.46. The molecule has 0 radical (unpaired) electrons. The summed E-state index contributed by atoms with van der Waals surface area (Å²) >= 11 is 6.09. The standard InChI is InChI=1S/C18H14ClNO2/c1-10-3-5-12(6-4-10)15-9-14(18(21)22)17-11(2)7-13(19)8-16(17)20-15/h3-9H,1-2H3,(H,21,22). The van der Waals surface area contributed by atoms with Crippen LogP contribution in [-0.2, 0) is 0 Å². The van der Waals surface area contributed by atoms with Crippen molar-refractivity contribution in [3.05, 3.63) is 64.2 Å². The minimum absolute atomic E-state index is 0.245. The highest BCUT2D eigenvalue weighted by atomic mass is 35.5. The molecule has 110 valence electrons. The predicted molar refractivity (Wildman–Crippen MR) is 88.6 cm³/mol. The van der Waals surface area contributed by atoms with Gasteiger partial charge in [0.25, 0.3) is 0 Å². The third kappa shape index (κ3) is 2.55. The van der Waals surface area contributed by atoms with E-state index in [1.807, 2.05) is 38.1 Å². The van der Waals surface area contributed by atoms with Gasteiger partial charge in [-0.05, 0) is 37.6 Å². The number of nitrogens with zero attached hydrogens (tertiary/aromatic N) is 1. The monoisotopic (exact) mass is 311 g/mol. The van der Waals surface area contributed by atoms with E-state index >= 15 is 0 Å². The Bertz CT molecular complexity index is 886. The molecule has 0 saturated heterocycles. The van der Waals surface area contributed by atoms with Crippen LogP contribution in [0.2, 0.25) is 5.02 Å². The predicted octanol–water partition coefficient (Wildman–Crippen LogP) is 4.87. The zero-order valence-corrected chi connectivity index (χ0v) is 13.0. The Balaban J connectivity index is 2.34. The van der Waals surface area contributed by atoms with Gasteiger partial charge in [0.05, 0.1) is 16.8 Å². The van der Waals surface area contributed by atoms with Crippen molar-refractivity contribution < 1.29 is 9.90 Å². The summed E-state index contributed by atoms with van der Waals surface area (Å²) in [6.45, 7) is 3.84. The second kappa shape index (κ2) is 5.43. The molecule has 0 unspecified atom stereocenters. The molecule has 0 fully saturated rings. The third-order valence-corrected chi connectivity index (χ3v) is 3.87. The number of aromatic carboxylic acids is 1. The van der Waals surface area contributed by atoms with E-state index in [0.29, 0.717) is 21.6 Å². The average molecular weight is 312 g/mol. The maximum atomic E-state index is 11.6. The molecule has 3 aromatic rings. The Morgan fingerprint density at radius 1 is 1.09 bits per heavy atom. The third-order valence-electron chi connectivity index (χ3n) is 3.65. The van der Waals surface area contributed by atoms with Gasteiger partial charge in [0.2, 0.25) is 0 Å². The molecule has 2 aromatic carbocycles. The molecule has 1 N–H and O–H groups in total. The Labute approximate surface area is 133 Å². The lowest BCUT2D eigenvalue weighted by atomic mass is 10.0. The highest BCUT2D eigenvalue weighted by molar-refractivity contribution is 6.31. The number of carboxylic acids is 1. The molecule has 0 spiro atoms. The van der Waals surface area contributed by atoms with Crippen LogP contribution < -0.4 is 0 Å². The van der Waals surface area contributed by atoms with Gasteiger partial charge in [-0.2, -0.15) is 0 Å². The lowest BCUT2D eigenvalue weighted by molar-refractivity contribution is 0.0699. The lowest BCUT2D eigenvalue weighted by Gasteiger charge is -2.10. The highest BCUT2D eigenvalue weighted by Crippen LogP contribution is 2.29. The van der Waals surface area contributed by atoms with Gasteiger partial charge in [0, 0.05) is 16.0 Å². The summed E-state index contributed by atoms with van der Waals surface area (Å²) in [6.07, 6.45) is 0. The summed E-state index contributed by atoms with van der Waals surface area (Å²) in [5.74, 6) is -0.966. The number of aromatic nitrogens is 1. The fraction of sp³-hybridized carbons (Fsp3) is 0.111. The van der Waals surface area contributed by atoms with Gasteiger partial charge < -0.3 is 5.11 Å². The van der Waals surface area contributed by atoms with Gasteiger partial charge >= 0.3 is 5.97 Å². The molecular formula is C18H14ClNO2. The number of carbonyl (C=O) groups is 1. The van der Waals surface area contributed by atoms with E-state index in [1.54, 1.807) is 18.2 Å². The largest absolute Gasteiger partial charge is 0.478 e. The van der Waals surface area contributed by atoms with Crippen LogP contribution >= 0.6 is 11.6 Å². The molecule has 4 heteroatoms. The Morgan fingerprint density at radius 2 is 1.77 bits per heavy atom. The molecule has 0 bridgehead atoms. The summed E-state index contributed by atoms with van der Waals surface area (Å²) in [6, 6.07) is 12.9. The fourth-order valence-electron chi connectivity index (χ4n) is 2.58.